The molecule has 0 unspecified atom stereocenters. The zero-order valence-electron chi connectivity index (χ0n) is 15.6. The van der Waals surface area contributed by atoms with E-state index in [1.54, 1.807) is 19.2 Å². The third-order valence-corrected chi connectivity index (χ3v) is 4.70. The molecule has 2 aromatic carbocycles. The molecule has 1 aliphatic heterocycles. The highest BCUT2D eigenvalue weighted by atomic mass is 19.1. The molecule has 0 aliphatic carbocycles. The normalized spacial score (nSPS) is 14.8. The van der Waals surface area contributed by atoms with Gasteiger partial charge in [-0.25, -0.2) is 4.39 Å². The molecule has 0 saturated carbocycles. The topological polar surface area (TPSA) is 42.0 Å². The molecule has 1 fully saturated rings. The van der Waals surface area contributed by atoms with Gasteiger partial charge in [-0.1, -0.05) is 0 Å². The SMILES string of the molecule is COc1ccc(OCCCN2CCN(C(=O)c3ccc(F)cc3)CC2)cc1. The molecule has 1 heterocycles. The van der Waals surface area contributed by atoms with E-state index in [1.165, 1.54) is 12.1 Å². The first-order valence-corrected chi connectivity index (χ1v) is 9.20. The number of benzene rings is 2. The van der Waals surface area contributed by atoms with Gasteiger partial charge in [0.25, 0.3) is 5.91 Å². The lowest BCUT2D eigenvalue weighted by atomic mass is 10.1. The number of halogens is 1. The van der Waals surface area contributed by atoms with Crippen molar-refractivity contribution in [3.8, 4) is 11.5 Å². The van der Waals surface area contributed by atoms with E-state index in [-0.39, 0.29) is 11.7 Å². The van der Waals surface area contributed by atoms with Crippen LogP contribution in [0, 0.1) is 5.82 Å². The Morgan fingerprint density at radius 2 is 1.59 bits per heavy atom. The minimum absolute atomic E-state index is 0.0301. The maximum Gasteiger partial charge on any atom is 0.253 e. The molecule has 0 N–H and O–H groups in total. The van der Waals surface area contributed by atoms with Crippen LogP contribution < -0.4 is 9.47 Å². The van der Waals surface area contributed by atoms with Crippen molar-refractivity contribution in [2.24, 2.45) is 0 Å². The minimum Gasteiger partial charge on any atom is -0.497 e. The Hall–Kier alpha value is -2.60. The van der Waals surface area contributed by atoms with E-state index in [0.717, 1.165) is 37.6 Å². The Morgan fingerprint density at radius 3 is 2.22 bits per heavy atom. The van der Waals surface area contributed by atoms with E-state index in [9.17, 15) is 9.18 Å². The van der Waals surface area contributed by atoms with Gasteiger partial charge in [0.1, 0.15) is 17.3 Å². The summed E-state index contributed by atoms with van der Waals surface area (Å²) in [4.78, 5) is 16.6. The summed E-state index contributed by atoms with van der Waals surface area (Å²) in [6, 6.07) is 13.3. The van der Waals surface area contributed by atoms with Crippen molar-refractivity contribution in [1.82, 2.24) is 9.80 Å². The number of carbonyl (C=O) groups excluding carboxylic acids is 1. The summed E-state index contributed by atoms with van der Waals surface area (Å²) in [5, 5.41) is 0. The fourth-order valence-electron chi connectivity index (χ4n) is 3.10. The predicted octanol–water partition coefficient (Wildman–Crippen LogP) is 3.06. The van der Waals surface area contributed by atoms with Crippen LogP contribution in [0.15, 0.2) is 48.5 Å². The highest BCUT2D eigenvalue weighted by Gasteiger charge is 2.21. The highest BCUT2D eigenvalue weighted by molar-refractivity contribution is 5.94. The number of hydrogen-bond acceptors (Lipinski definition) is 4. The van der Waals surface area contributed by atoms with Crippen LogP contribution in [0.1, 0.15) is 16.8 Å². The number of hydrogen-bond donors (Lipinski definition) is 0. The quantitative estimate of drug-likeness (QED) is 0.701. The first-order valence-electron chi connectivity index (χ1n) is 9.20. The van der Waals surface area contributed by atoms with Gasteiger partial charge in [0.15, 0.2) is 0 Å². The van der Waals surface area contributed by atoms with E-state index < -0.39 is 0 Å². The number of piperazine rings is 1. The van der Waals surface area contributed by atoms with Crippen LogP contribution in [0.4, 0.5) is 4.39 Å². The first-order chi connectivity index (χ1) is 13.2. The Bertz CT molecular complexity index is 726. The van der Waals surface area contributed by atoms with Crippen LogP contribution in [-0.2, 0) is 0 Å². The summed E-state index contributed by atoms with van der Waals surface area (Å²) >= 11 is 0. The predicted molar refractivity (Wildman–Crippen MR) is 102 cm³/mol. The van der Waals surface area contributed by atoms with Crippen LogP contribution in [0.2, 0.25) is 0 Å². The van der Waals surface area contributed by atoms with Gasteiger partial charge in [-0.15, -0.1) is 0 Å². The van der Waals surface area contributed by atoms with E-state index >= 15 is 0 Å². The van der Waals surface area contributed by atoms with Gasteiger partial charge in [0, 0.05) is 38.3 Å². The third-order valence-electron chi connectivity index (χ3n) is 4.70. The molecular weight excluding hydrogens is 347 g/mol. The lowest BCUT2D eigenvalue weighted by Gasteiger charge is -2.34. The average molecular weight is 372 g/mol. The van der Waals surface area contributed by atoms with E-state index in [0.29, 0.717) is 25.3 Å². The number of carbonyl (C=O) groups is 1. The number of methoxy groups -OCH3 is 1. The third kappa shape index (κ3) is 5.44. The monoisotopic (exact) mass is 372 g/mol. The van der Waals surface area contributed by atoms with Gasteiger partial charge in [-0.2, -0.15) is 0 Å². The number of nitrogens with zero attached hydrogens (tertiary/aromatic N) is 2. The van der Waals surface area contributed by atoms with Crippen molar-refractivity contribution in [2.75, 3.05) is 46.4 Å². The lowest BCUT2D eigenvalue weighted by Crippen LogP contribution is -2.49. The van der Waals surface area contributed by atoms with Crippen LogP contribution in [0.25, 0.3) is 0 Å². The van der Waals surface area contributed by atoms with Crippen molar-refractivity contribution in [2.45, 2.75) is 6.42 Å². The van der Waals surface area contributed by atoms with Gasteiger partial charge in [0.05, 0.1) is 13.7 Å². The molecule has 0 radical (unpaired) electrons. The molecule has 1 saturated heterocycles. The van der Waals surface area contributed by atoms with Crippen LogP contribution in [0.5, 0.6) is 11.5 Å². The molecule has 6 heteroatoms. The molecule has 27 heavy (non-hydrogen) atoms. The molecule has 144 valence electrons. The van der Waals surface area contributed by atoms with E-state index in [2.05, 4.69) is 4.90 Å². The van der Waals surface area contributed by atoms with Crippen LogP contribution in [-0.4, -0.2) is 62.1 Å². The number of rotatable bonds is 7. The van der Waals surface area contributed by atoms with E-state index in [4.69, 9.17) is 9.47 Å². The molecule has 0 spiro atoms. The van der Waals surface area contributed by atoms with Crippen LogP contribution in [0.3, 0.4) is 0 Å². The zero-order valence-corrected chi connectivity index (χ0v) is 15.6. The zero-order chi connectivity index (χ0) is 19.1. The summed E-state index contributed by atoms with van der Waals surface area (Å²) in [6.45, 7) is 4.66. The largest absolute Gasteiger partial charge is 0.497 e. The first kappa shape index (κ1) is 19.2. The lowest BCUT2D eigenvalue weighted by molar-refractivity contribution is 0.0630. The van der Waals surface area contributed by atoms with Crippen molar-refractivity contribution >= 4 is 5.91 Å². The van der Waals surface area contributed by atoms with Gasteiger partial charge in [-0.3, -0.25) is 9.69 Å². The molecule has 1 aliphatic rings. The Labute approximate surface area is 159 Å². The molecular formula is C21H25FN2O3. The summed E-state index contributed by atoms with van der Waals surface area (Å²) in [5.41, 5.74) is 0.540. The molecule has 1 amide bonds. The molecule has 3 rings (SSSR count). The Balaban J connectivity index is 1.35. The summed E-state index contributed by atoms with van der Waals surface area (Å²) in [7, 11) is 1.64. The Kier molecular flexibility index (Phi) is 6.65. The van der Waals surface area contributed by atoms with Gasteiger partial charge in [-0.05, 0) is 55.0 Å². The second-order valence-corrected chi connectivity index (χ2v) is 6.52. The minimum atomic E-state index is -0.326. The number of amides is 1. The Morgan fingerprint density at radius 1 is 0.963 bits per heavy atom. The maximum atomic E-state index is 13.0. The number of ether oxygens (including phenoxy) is 2. The molecule has 0 bridgehead atoms. The smallest absolute Gasteiger partial charge is 0.253 e. The summed E-state index contributed by atoms with van der Waals surface area (Å²) < 4.78 is 23.9. The van der Waals surface area contributed by atoms with Crippen molar-refractivity contribution < 1.29 is 18.7 Å². The fourth-order valence-corrected chi connectivity index (χ4v) is 3.10. The second kappa shape index (κ2) is 9.37. The van der Waals surface area contributed by atoms with Gasteiger partial charge < -0.3 is 14.4 Å². The maximum absolute atomic E-state index is 13.0. The fraction of sp³-hybridized carbons (Fsp3) is 0.381. The second-order valence-electron chi connectivity index (χ2n) is 6.52. The standard InChI is InChI=1S/C21H25FN2O3/c1-26-19-7-9-20(10-8-19)27-16-2-11-23-12-14-24(15-13-23)21(25)17-3-5-18(22)6-4-17/h3-10H,2,11-16H2,1H3. The summed E-state index contributed by atoms with van der Waals surface area (Å²) in [5.74, 6) is 1.30. The van der Waals surface area contributed by atoms with Crippen LogP contribution >= 0.6 is 0 Å². The molecule has 2 aromatic rings. The molecule has 0 atom stereocenters. The van der Waals surface area contributed by atoms with E-state index in [1.807, 2.05) is 29.2 Å². The van der Waals surface area contributed by atoms with Crippen molar-refractivity contribution in [1.29, 1.82) is 0 Å². The molecule has 5 nitrogen and oxygen atoms in total. The molecule has 0 aromatic heterocycles. The van der Waals surface area contributed by atoms with Crippen molar-refractivity contribution in [3.05, 3.63) is 59.9 Å². The van der Waals surface area contributed by atoms with Gasteiger partial charge >= 0.3 is 0 Å². The van der Waals surface area contributed by atoms with Crippen molar-refractivity contribution in [3.63, 3.8) is 0 Å². The average Bonchev–Trinajstić information content (AvgIpc) is 2.72. The van der Waals surface area contributed by atoms with Gasteiger partial charge in [0.2, 0.25) is 0 Å². The summed E-state index contributed by atoms with van der Waals surface area (Å²) in [6.07, 6.45) is 0.929. The highest BCUT2D eigenvalue weighted by Crippen LogP contribution is 2.17.